The first-order chi connectivity index (χ1) is 13.0. The first-order valence-corrected chi connectivity index (χ1v) is 10.4. The van der Waals surface area contributed by atoms with Gasteiger partial charge in [0, 0.05) is 0 Å². The van der Waals surface area contributed by atoms with Crippen LogP contribution in [-0.4, -0.2) is 55.0 Å². The molecular weight excluding hydrogens is 408 g/mol. The van der Waals surface area contributed by atoms with Crippen molar-refractivity contribution in [3.05, 3.63) is 34.9 Å². The van der Waals surface area contributed by atoms with Crippen molar-refractivity contribution in [2.75, 3.05) is 37.1 Å². The topological polar surface area (TPSA) is 78.9 Å². The van der Waals surface area contributed by atoms with E-state index >= 15 is 0 Å². The van der Waals surface area contributed by atoms with Gasteiger partial charge in [0.15, 0.2) is 0 Å². The van der Waals surface area contributed by atoms with Crippen LogP contribution in [0.5, 0.6) is 0 Å². The molecule has 0 aliphatic heterocycles. The van der Waals surface area contributed by atoms with E-state index in [0.717, 1.165) is 0 Å². The summed E-state index contributed by atoms with van der Waals surface area (Å²) >= 11 is 12.2. The molecule has 0 bridgehead atoms. The summed E-state index contributed by atoms with van der Waals surface area (Å²) in [6.45, 7) is 0.585. The molecule has 0 spiro atoms. The minimum atomic E-state index is -0.633. The number of hydrogen-bond donors (Lipinski definition) is 3. The molecule has 9 heteroatoms. The van der Waals surface area contributed by atoms with Gasteiger partial charge < -0.3 is 14.2 Å². The van der Waals surface area contributed by atoms with Crippen molar-refractivity contribution in [1.82, 2.24) is 0 Å². The Labute approximate surface area is 175 Å². The van der Waals surface area contributed by atoms with Crippen molar-refractivity contribution in [1.29, 1.82) is 0 Å². The van der Waals surface area contributed by atoms with E-state index in [4.69, 9.17) is 14.2 Å². The monoisotopic (exact) mass is 432 g/mol. The second-order valence-corrected chi connectivity index (χ2v) is 6.78. The zero-order valence-electron chi connectivity index (χ0n) is 14.9. The molecule has 1 rings (SSSR count). The van der Waals surface area contributed by atoms with Gasteiger partial charge in [-0.3, -0.25) is 0 Å². The number of carbonyl (C=O) groups is 3. The fraction of sp³-hybridized carbons (Fsp3) is 0.500. The molecule has 0 saturated carbocycles. The Morgan fingerprint density at radius 1 is 0.593 bits per heavy atom. The molecule has 0 aliphatic rings. The molecule has 0 atom stereocenters. The molecule has 0 amide bonds. The van der Waals surface area contributed by atoms with Gasteiger partial charge in [-0.05, 0) is 54.7 Å². The highest BCUT2D eigenvalue weighted by atomic mass is 32.1. The van der Waals surface area contributed by atoms with E-state index in [9.17, 15) is 14.4 Å². The van der Waals surface area contributed by atoms with E-state index in [0.29, 0.717) is 36.5 Å². The number of hydrogen-bond acceptors (Lipinski definition) is 9. The molecule has 0 N–H and O–H groups in total. The maximum atomic E-state index is 12.2. The number of thiol groups is 3. The summed E-state index contributed by atoms with van der Waals surface area (Å²) in [5.41, 5.74) is 0.247. The average Bonchev–Trinajstić information content (AvgIpc) is 2.67. The molecule has 0 saturated heterocycles. The highest BCUT2D eigenvalue weighted by molar-refractivity contribution is 7.80. The van der Waals surface area contributed by atoms with Crippen LogP contribution >= 0.6 is 37.9 Å². The van der Waals surface area contributed by atoms with Crippen LogP contribution in [0.4, 0.5) is 0 Å². The lowest BCUT2D eigenvalue weighted by Gasteiger charge is -2.10. The van der Waals surface area contributed by atoms with Gasteiger partial charge >= 0.3 is 17.9 Å². The molecule has 0 unspecified atom stereocenters. The number of carbonyl (C=O) groups excluding carboxylic acids is 3. The van der Waals surface area contributed by atoms with Gasteiger partial charge in [-0.1, -0.05) is 0 Å². The Morgan fingerprint density at radius 3 is 1.07 bits per heavy atom. The van der Waals surface area contributed by atoms with E-state index in [1.807, 2.05) is 0 Å². The summed E-state index contributed by atoms with van der Waals surface area (Å²) in [5, 5.41) is 0. The molecule has 0 aliphatic carbocycles. The quantitative estimate of drug-likeness (QED) is 0.204. The van der Waals surface area contributed by atoms with E-state index in [1.165, 1.54) is 18.2 Å². The number of esters is 3. The Hall–Kier alpha value is -1.32. The Kier molecular flexibility index (Phi) is 12.1. The lowest BCUT2D eigenvalue weighted by Crippen LogP contribution is -2.14. The predicted molar refractivity (Wildman–Crippen MR) is 113 cm³/mol. The SMILES string of the molecule is O=C(OCCCS)c1cc(C(=O)OCCCS)cc(C(=O)OCCCS)c1. The Balaban J connectivity index is 3.01. The average molecular weight is 433 g/mol. The number of rotatable bonds is 12. The minimum absolute atomic E-state index is 0.0824. The summed E-state index contributed by atoms with van der Waals surface area (Å²) < 4.78 is 15.4. The molecule has 1 aromatic carbocycles. The third-order valence-corrected chi connectivity index (χ3v) is 4.20. The summed E-state index contributed by atoms with van der Waals surface area (Å²) in [5.74, 6) is -0.169. The van der Waals surface area contributed by atoms with E-state index in [2.05, 4.69) is 37.9 Å². The second-order valence-electron chi connectivity index (χ2n) is 5.44. The van der Waals surface area contributed by atoms with Crippen molar-refractivity contribution in [3.63, 3.8) is 0 Å². The van der Waals surface area contributed by atoms with Gasteiger partial charge in [-0.15, -0.1) is 0 Å². The fourth-order valence-corrected chi connectivity index (χ4v) is 2.31. The molecule has 27 heavy (non-hydrogen) atoms. The second kappa shape index (κ2) is 13.8. The van der Waals surface area contributed by atoms with Crippen molar-refractivity contribution < 1.29 is 28.6 Å². The summed E-state index contributed by atoms with van der Waals surface area (Å²) in [6.07, 6.45) is 1.79. The Morgan fingerprint density at radius 2 is 0.852 bits per heavy atom. The summed E-state index contributed by atoms with van der Waals surface area (Å²) in [7, 11) is 0. The van der Waals surface area contributed by atoms with E-state index < -0.39 is 17.9 Å². The predicted octanol–water partition coefficient (Wildman–Crippen LogP) is 3.12. The van der Waals surface area contributed by atoms with Crippen LogP contribution in [0.15, 0.2) is 18.2 Å². The molecule has 1 aromatic rings. The third-order valence-electron chi connectivity index (χ3n) is 3.25. The van der Waals surface area contributed by atoms with Crippen LogP contribution in [0.1, 0.15) is 50.3 Å². The summed E-state index contributed by atoms with van der Waals surface area (Å²) in [4.78, 5) is 36.7. The van der Waals surface area contributed by atoms with Crippen molar-refractivity contribution in [3.8, 4) is 0 Å². The molecule has 6 nitrogen and oxygen atoms in total. The first-order valence-electron chi connectivity index (χ1n) is 8.52. The fourth-order valence-electron chi connectivity index (χ4n) is 1.92. The molecule has 0 fully saturated rings. The molecule has 0 heterocycles. The normalized spacial score (nSPS) is 10.3. The zero-order valence-corrected chi connectivity index (χ0v) is 17.6. The molecule has 0 radical (unpaired) electrons. The van der Waals surface area contributed by atoms with Crippen LogP contribution in [0.2, 0.25) is 0 Å². The van der Waals surface area contributed by atoms with Crippen LogP contribution in [-0.2, 0) is 14.2 Å². The highest BCUT2D eigenvalue weighted by Gasteiger charge is 2.19. The van der Waals surface area contributed by atoms with Crippen LogP contribution in [0.3, 0.4) is 0 Å². The largest absolute Gasteiger partial charge is 0.462 e. The minimum Gasteiger partial charge on any atom is -0.462 e. The van der Waals surface area contributed by atoms with Gasteiger partial charge in [0.1, 0.15) is 0 Å². The van der Waals surface area contributed by atoms with Gasteiger partial charge in [-0.2, -0.15) is 37.9 Å². The van der Waals surface area contributed by atoms with Crippen LogP contribution in [0.25, 0.3) is 0 Å². The van der Waals surface area contributed by atoms with Crippen LogP contribution < -0.4 is 0 Å². The van der Waals surface area contributed by atoms with Crippen LogP contribution in [0, 0.1) is 0 Å². The Bertz CT molecular complexity index is 537. The maximum Gasteiger partial charge on any atom is 0.338 e. The van der Waals surface area contributed by atoms with Gasteiger partial charge in [0.05, 0.1) is 36.5 Å². The zero-order chi connectivity index (χ0) is 20.1. The first kappa shape index (κ1) is 23.7. The third kappa shape index (κ3) is 8.94. The molecular formula is C18H24O6S3. The van der Waals surface area contributed by atoms with Gasteiger partial charge in [-0.25, -0.2) is 14.4 Å². The lowest BCUT2D eigenvalue weighted by molar-refractivity contribution is 0.0503. The lowest BCUT2D eigenvalue weighted by atomic mass is 10.1. The van der Waals surface area contributed by atoms with Crippen molar-refractivity contribution in [2.24, 2.45) is 0 Å². The summed E-state index contributed by atoms with van der Waals surface area (Å²) in [6, 6.07) is 4.03. The van der Waals surface area contributed by atoms with Crippen molar-refractivity contribution >= 4 is 55.8 Å². The smallest absolute Gasteiger partial charge is 0.338 e. The van der Waals surface area contributed by atoms with Gasteiger partial charge in [0.25, 0.3) is 0 Å². The standard InChI is InChI=1S/C18H24O6S3/c19-16(22-4-1-7-25)13-10-14(17(20)23-5-2-8-26)12-15(11-13)18(21)24-6-3-9-27/h10-12,25-27H,1-9H2. The van der Waals surface area contributed by atoms with Crippen molar-refractivity contribution in [2.45, 2.75) is 19.3 Å². The molecule has 150 valence electrons. The number of ether oxygens (including phenoxy) is 3. The van der Waals surface area contributed by atoms with E-state index in [1.54, 1.807) is 0 Å². The highest BCUT2D eigenvalue weighted by Crippen LogP contribution is 2.15. The maximum absolute atomic E-state index is 12.2. The van der Waals surface area contributed by atoms with Gasteiger partial charge in [0.2, 0.25) is 0 Å². The van der Waals surface area contributed by atoms with E-state index in [-0.39, 0.29) is 36.5 Å². The number of benzene rings is 1. The molecule has 0 aromatic heterocycles.